The molecule has 8 heteroatoms. The monoisotopic (exact) mass is 398 g/mol. The zero-order valence-electron chi connectivity index (χ0n) is 15.3. The maximum absolute atomic E-state index is 12.5. The SMILES string of the molecule is Cc1nc(C(=O)Nc2ccc(O[C@@H]3CCOC3)cc2)nn1-c1ccccc1Cl. The average molecular weight is 399 g/mol. The fraction of sp³-hybridized carbons (Fsp3) is 0.250. The molecule has 0 saturated carbocycles. The number of anilines is 1. The predicted octanol–water partition coefficient (Wildman–Crippen LogP) is 3.65. The summed E-state index contributed by atoms with van der Waals surface area (Å²) < 4.78 is 12.7. The van der Waals surface area contributed by atoms with Crippen molar-refractivity contribution in [3.05, 3.63) is 65.2 Å². The van der Waals surface area contributed by atoms with E-state index >= 15 is 0 Å². The molecule has 1 fully saturated rings. The summed E-state index contributed by atoms with van der Waals surface area (Å²) in [6.45, 7) is 3.11. The van der Waals surface area contributed by atoms with Gasteiger partial charge >= 0.3 is 0 Å². The average Bonchev–Trinajstić information content (AvgIpc) is 3.33. The lowest BCUT2D eigenvalue weighted by Gasteiger charge is -2.12. The molecule has 1 aliphatic rings. The lowest BCUT2D eigenvalue weighted by Crippen LogP contribution is -2.16. The number of para-hydroxylation sites is 1. The smallest absolute Gasteiger partial charge is 0.295 e. The Morgan fingerprint density at radius 3 is 2.75 bits per heavy atom. The second-order valence-electron chi connectivity index (χ2n) is 6.43. The van der Waals surface area contributed by atoms with Gasteiger partial charge in [-0.3, -0.25) is 4.79 Å². The first kappa shape index (κ1) is 18.5. The van der Waals surface area contributed by atoms with E-state index in [9.17, 15) is 4.79 Å². The van der Waals surface area contributed by atoms with Crippen LogP contribution in [0.4, 0.5) is 5.69 Å². The fourth-order valence-electron chi connectivity index (χ4n) is 2.94. The van der Waals surface area contributed by atoms with Crippen LogP contribution >= 0.6 is 11.6 Å². The zero-order valence-corrected chi connectivity index (χ0v) is 16.0. The third-order valence-electron chi connectivity index (χ3n) is 4.36. The number of hydrogen-bond donors (Lipinski definition) is 1. The van der Waals surface area contributed by atoms with E-state index in [1.807, 2.05) is 30.3 Å². The van der Waals surface area contributed by atoms with Crippen LogP contribution in [0.1, 0.15) is 22.9 Å². The summed E-state index contributed by atoms with van der Waals surface area (Å²) in [7, 11) is 0. The molecule has 1 atom stereocenters. The molecule has 1 saturated heterocycles. The molecule has 7 nitrogen and oxygen atoms in total. The number of hydrogen-bond acceptors (Lipinski definition) is 5. The van der Waals surface area contributed by atoms with Crippen LogP contribution in [0.15, 0.2) is 48.5 Å². The van der Waals surface area contributed by atoms with Crippen molar-refractivity contribution < 1.29 is 14.3 Å². The van der Waals surface area contributed by atoms with Gasteiger partial charge in [-0.2, -0.15) is 0 Å². The van der Waals surface area contributed by atoms with Gasteiger partial charge in [-0.25, -0.2) is 9.67 Å². The van der Waals surface area contributed by atoms with E-state index in [1.165, 1.54) is 0 Å². The Labute approximate surface area is 167 Å². The second-order valence-corrected chi connectivity index (χ2v) is 6.83. The topological polar surface area (TPSA) is 78.3 Å². The lowest BCUT2D eigenvalue weighted by molar-refractivity contribution is 0.101. The van der Waals surface area contributed by atoms with E-state index in [4.69, 9.17) is 21.1 Å². The summed E-state index contributed by atoms with van der Waals surface area (Å²) in [5, 5.41) is 7.62. The standard InChI is InChI=1S/C20H19ClN4O3/c1-13-22-19(24-25(13)18-5-3-2-4-17(18)21)20(26)23-14-6-8-15(9-7-14)28-16-10-11-27-12-16/h2-9,16H,10-12H2,1H3,(H,23,26)/t16-/m1/s1. The largest absolute Gasteiger partial charge is 0.488 e. The van der Waals surface area contributed by atoms with Gasteiger partial charge in [0, 0.05) is 12.1 Å². The zero-order chi connectivity index (χ0) is 19.5. The number of rotatable bonds is 5. The Morgan fingerprint density at radius 1 is 1.25 bits per heavy atom. The Hall–Kier alpha value is -2.90. The van der Waals surface area contributed by atoms with Crippen molar-refractivity contribution in [1.82, 2.24) is 14.8 Å². The molecule has 0 aliphatic carbocycles. The lowest BCUT2D eigenvalue weighted by atomic mass is 10.2. The fourth-order valence-corrected chi connectivity index (χ4v) is 3.16. The van der Waals surface area contributed by atoms with Gasteiger partial charge in [-0.1, -0.05) is 23.7 Å². The summed E-state index contributed by atoms with van der Waals surface area (Å²) in [6, 6.07) is 14.5. The van der Waals surface area contributed by atoms with Crippen molar-refractivity contribution in [3.63, 3.8) is 0 Å². The number of benzene rings is 2. The Morgan fingerprint density at radius 2 is 2.04 bits per heavy atom. The number of aromatic nitrogens is 3. The summed E-state index contributed by atoms with van der Waals surface area (Å²) in [5.41, 5.74) is 1.30. The highest BCUT2D eigenvalue weighted by molar-refractivity contribution is 6.32. The molecule has 0 spiro atoms. The van der Waals surface area contributed by atoms with Crippen LogP contribution in [0.3, 0.4) is 0 Å². The normalized spacial score (nSPS) is 16.1. The number of aryl methyl sites for hydroxylation is 1. The van der Waals surface area contributed by atoms with Crippen molar-refractivity contribution in [2.75, 3.05) is 18.5 Å². The molecule has 2 heterocycles. The van der Waals surface area contributed by atoms with Crippen LogP contribution in [0.2, 0.25) is 5.02 Å². The minimum absolute atomic E-state index is 0.0702. The summed E-state index contributed by atoms with van der Waals surface area (Å²) in [4.78, 5) is 16.8. The molecule has 1 aliphatic heterocycles. The number of nitrogens with one attached hydrogen (secondary N) is 1. The van der Waals surface area contributed by atoms with Crippen molar-refractivity contribution in [1.29, 1.82) is 0 Å². The van der Waals surface area contributed by atoms with Crippen LogP contribution in [0, 0.1) is 6.92 Å². The van der Waals surface area contributed by atoms with Gasteiger partial charge in [-0.15, -0.1) is 5.10 Å². The molecule has 4 rings (SSSR count). The Kier molecular flexibility index (Phi) is 5.27. The maximum Gasteiger partial charge on any atom is 0.295 e. The van der Waals surface area contributed by atoms with Gasteiger partial charge in [-0.05, 0) is 43.3 Å². The van der Waals surface area contributed by atoms with Gasteiger partial charge in [0.2, 0.25) is 5.82 Å². The van der Waals surface area contributed by atoms with Gasteiger partial charge in [0.25, 0.3) is 5.91 Å². The van der Waals surface area contributed by atoms with Crippen LogP contribution < -0.4 is 10.1 Å². The molecule has 0 unspecified atom stereocenters. The highest BCUT2D eigenvalue weighted by atomic mass is 35.5. The minimum Gasteiger partial charge on any atom is -0.488 e. The minimum atomic E-state index is -0.397. The summed E-state index contributed by atoms with van der Waals surface area (Å²) in [6.07, 6.45) is 0.971. The first-order chi connectivity index (χ1) is 13.6. The first-order valence-electron chi connectivity index (χ1n) is 8.94. The van der Waals surface area contributed by atoms with E-state index in [2.05, 4.69) is 15.4 Å². The molecule has 1 N–H and O–H groups in total. The molecule has 0 bridgehead atoms. The van der Waals surface area contributed by atoms with E-state index in [-0.39, 0.29) is 11.9 Å². The Bertz CT molecular complexity index is 981. The molecule has 1 amide bonds. The third-order valence-corrected chi connectivity index (χ3v) is 4.68. The number of amides is 1. The number of carbonyl (C=O) groups is 1. The number of halogens is 1. The molecule has 28 heavy (non-hydrogen) atoms. The van der Waals surface area contributed by atoms with Crippen LogP contribution in [-0.2, 0) is 4.74 Å². The number of nitrogens with zero attached hydrogens (tertiary/aromatic N) is 3. The Balaban J connectivity index is 1.45. The van der Waals surface area contributed by atoms with Gasteiger partial charge in [0.05, 0.1) is 23.9 Å². The van der Waals surface area contributed by atoms with Gasteiger partial charge < -0.3 is 14.8 Å². The van der Waals surface area contributed by atoms with Crippen LogP contribution in [0.25, 0.3) is 5.69 Å². The maximum atomic E-state index is 12.5. The highest BCUT2D eigenvalue weighted by Crippen LogP contribution is 2.22. The van der Waals surface area contributed by atoms with E-state index < -0.39 is 5.91 Å². The quantitative estimate of drug-likeness (QED) is 0.709. The summed E-state index contributed by atoms with van der Waals surface area (Å²) >= 11 is 6.22. The molecule has 1 aromatic heterocycles. The molecule has 144 valence electrons. The third kappa shape index (κ3) is 4.00. The summed E-state index contributed by atoms with van der Waals surface area (Å²) in [5.74, 6) is 0.985. The number of ether oxygens (including phenoxy) is 2. The number of carbonyl (C=O) groups excluding carboxylic acids is 1. The van der Waals surface area contributed by atoms with Gasteiger partial charge in [0.1, 0.15) is 17.7 Å². The molecule has 2 aromatic carbocycles. The van der Waals surface area contributed by atoms with E-state index in [0.29, 0.717) is 28.8 Å². The first-order valence-corrected chi connectivity index (χ1v) is 9.32. The second kappa shape index (κ2) is 8.00. The molecular weight excluding hydrogens is 380 g/mol. The van der Waals surface area contributed by atoms with Crippen molar-refractivity contribution in [3.8, 4) is 11.4 Å². The molecule has 3 aromatic rings. The van der Waals surface area contributed by atoms with Crippen LogP contribution in [-0.4, -0.2) is 40.0 Å². The molecular formula is C20H19ClN4O3. The predicted molar refractivity (Wildman–Crippen MR) is 105 cm³/mol. The van der Waals surface area contributed by atoms with Gasteiger partial charge in [0.15, 0.2) is 0 Å². The highest BCUT2D eigenvalue weighted by Gasteiger charge is 2.18. The van der Waals surface area contributed by atoms with Crippen LogP contribution in [0.5, 0.6) is 5.75 Å². The van der Waals surface area contributed by atoms with E-state index in [0.717, 1.165) is 18.8 Å². The van der Waals surface area contributed by atoms with Crippen molar-refractivity contribution in [2.24, 2.45) is 0 Å². The van der Waals surface area contributed by atoms with E-state index in [1.54, 1.807) is 29.8 Å². The van der Waals surface area contributed by atoms with Crippen molar-refractivity contribution >= 4 is 23.2 Å². The molecule has 0 radical (unpaired) electrons. The van der Waals surface area contributed by atoms with Crippen molar-refractivity contribution in [2.45, 2.75) is 19.4 Å².